The van der Waals surface area contributed by atoms with Crippen molar-refractivity contribution in [3.63, 3.8) is 0 Å². The molecule has 1 aliphatic carbocycles. The van der Waals surface area contributed by atoms with Gasteiger partial charge >= 0.3 is 0 Å². The Morgan fingerprint density at radius 2 is 2.35 bits per heavy atom. The van der Waals surface area contributed by atoms with Crippen molar-refractivity contribution >= 4 is 11.8 Å². The van der Waals surface area contributed by atoms with E-state index in [0.29, 0.717) is 12.6 Å². The van der Waals surface area contributed by atoms with E-state index in [1.165, 1.54) is 12.8 Å². The Hall–Kier alpha value is -1.27. The highest BCUT2D eigenvalue weighted by molar-refractivity contribution is 7.98. The average Bonchev–Trinajstić information content (AvgIpc) is 2.92. The predicted molar refractivity (Wildman–Crippen MR) is 64.5 cm³/mol. The van der Waals surface area contributed by atoms with Crippen LogP contribution in [0.3, 0.4) is 0 Å². The Kier molecular flexibility index (Phi) is 2.90. The molecule has 90 valence electrons. The van der Waals surface area contributed by atoms with Gasteiger partial charge in [-0.1, -0.05) is 11.8 Å². The Balaban J connectivity index is 1.76. The Bertz CT molecular complexity index is 490. The number of furan rings is 1. The molecule has 2 aromatic rings. The monoisotopic (exact) mass is 250 g/mol. The van der Waals surface area contributed by atoms with Crippen LogP contribution in [0.1, 0.15) is 30.5 Å². The second kappa shape index (κ2) is 4.54. The lowest BCUT2D eigenvalue weighted by Crippen LogP contribution is -2.07. The normalized spacial score (nSPS) is 15.4. The maximum atomic E-state index is 5.67. The van der Waals surface area contributed by atoms with E-state index in [1.807, 2.05) is 12.1 Å². The van der Waals surface area contributed by atoms with E-state index in [9.17, 15) is 0 Å². The summed E-state index contributed by atoms with van der Waals surface area (Å²) in [5, 5.41) is 9.28. The molecule has 2 heterocycles. The van der Waals surface area contributed by atoms with Crippen molar-refractivity contribution in [1.82, 2.24) is 14.8 Å². The summed E-state index contributed by atoms with van der Waals surface area (Å²) in [6, 6.07) is 4.42. The summed E-state index contributed by atoms with van der Waals surface area (Å²) in [5.41, 5.74) is 5.67. The summed E-state index contributed by atoms with van der Waals surface area (Å²) in [6.07, 6.45) is 4.10. The van der Waals surface area contributed by atoms with Crippen molar-refractivity contribution in [3.05, 3.63) is 30.0 Å². The molecule has 17 heavy (non-hydrogen) atoms. The Morgan fingerprint density at radius 1 is 1.47 bits per heavy atom. The van der Waals surface area contributed by atoms with Gasteiger partial charge in [0.1, 0.15) is 11.6 Å². The van der Waals surface area contributed by atoms with Gasteiger partial charge in [0.05, 0.1) is 18.6 Å². The lowest BCUT2D eigenvalue weighted by atomic mass is 10.5. The molecule has 1 aliphatic rings. The van der Waals surface area contributed by atoms with Gasteiger partial charge in [0.15, 0.2) is 5.16 Å². The largest absolute Gasteiger partial charge is 0.468 e. The van der Waals surface area contributed by atoms with E-state index in [1.54, 1.807) is 18.0 Å². The first-order valence-electron chi connectivity index (χ1n) is 5.67. The summed E-state index contributed by atoms with van der Waals surface area (Å²) < 4.78 is 7.48. The molecule has 0 aromatic carbocycles. The van der Waals surface area contributed by atoms with Gasteiger partial charge in [-0.25, -0.2) is 0 Å². The lowest BCUT2D eigenvalue weighted by molar-refractivity contribution is 0.529. The molecule has 0 spiro atoms. The Morgan fingerprint density at radius 3 is 3.00 bits per heavy atom. The fraction of sp³-hybridized carbons (Fsp3) is 0.455. The van der Waals surface area contributed by atoms with Gasteiger partial charge in [0, 0.05) is 6.04 Å². The minimum absolute atomic E-state index is 0.449. The number of rotatable bonds is 5. The number of nitrogens with two attached hydrogens (primary N) is 1. The van der Waals surface area contributed by atoms with Crippen LogP contribution in [0.2, 0.25) is 0 Å². The maximum absolute atomic E-state index is 5.67. The van der Waals surface area contributed by atoms with Crippen LogP contribution in [0, 0.1) is 0 Å². The Labute approximate surface area is 103 Å². The van der Waals surface area contributed by atoms with Crippen molar-refractivity contribution < 1.29 is 4.42 Å². The van der Waals surface area contributed by atoms with Crippen molar-refractivity contribution in [3.8, 4) is 0 Å². The van der Waals surface area contributed by atoms with Gasteiger partial charge in [-0.05, 0) is 25.0 Å². The van der Waals surface area contributed by atoms with E-state index in [4.69, 9.17) is 10.2 Å². The molecule has 1 fully saturated rings. The minimum atomic E-state index is 0.449. The molecule has 2 N–H and O–H groups in total. The molecule has 6 heteroatoms. The van der Waals surface area contributed by atoms with Gasteiger partial charge in [-0.3, -0.25) is 0 Å². The molecule has 5 nitrogen and oxygen atoms in total. The lowest BCUT2D eigenvalue weighted by Gasteiger charge is -2.06. The van der Waals surface area contributed by atoms with Crippen LogP contribution < -0.4 is 5.73 Å². The van der Waals surface area contributed by atoms with Crippen molar-refractivity contribution in [1.29, 1.82) is 0 Å². The summed E-state index contributed by atoms with van der Waals surface area (Å²) in [4.78, 5) is 0. The summed E-state index contributed by atoms with van der Waals surface area (Å²) in [7, 11) is 0. The van der Waals surface area contributed by atoms with E-state index in [-0.39, 0.29) is 0 Å². The van der Waals surface area contributed by atoms with Crippen molar-refractivity contribution in [2.45, 2.75) is 36.3 Å². The van der Waals surface area contributed by atoms with Crippen LogP contribution in [-0.4, -0.2) is 14.8 Å². The first kappa shape index (κ1) is 10.9. The van der Waals surface area contributed by atoms with Crippen LogP contribution in [0.15, 0.2) is 28.0 Å². The third kappa shape index (κ3) is 2.23. The number of aromatic nitrogens is 3. The number of hydrogen-bond donors (Lipinski definition) is 1. The highest BCUT2D eigenvalue weighted by atomic mass is 32.2. The van der Waals surface area contributed by atoms with Crippen molar-refractivity contribution in [2.24, 2.45) is 5.73 Å². The zero-order chi connectivity index (χ0) is 11.7. The molecule has 0 saturated heterocycles. The zero-order valence-corrected chi connectivity index (χ0v) is 10.2. The van der Waals surface area contributed by atoms with E-state index < -0.39 is 0 Å². The second-order valence-electron chi connectivity index (χ2n) is 4.07. The summed E-state index contributed by atoms with van der Waals surface area (Å²) >= 11 is 1.65. The third-order valence-corrected chi connectivity index (χ3v) is 3.72. The smallest absolute Gasteiger partial charge is 0.191 e. The summed E-state index contributed by atoms with van der Waals surface area (Å²) in [5.74, 6) is 2.62. The predicted octanol–water partition coefficient (Wildman–Crippen LogP) is 1.96. The molecule has 0 unspecified atom stereocenters. The van der Waals surface area contributed by atoms with Gasteiger partial charge in [-0.15, -0.1) is 10.2 Å². The van der Waals surface area contributed by atoms with Gasteiger partial charge in [0.2, 0.25) is 0 Å². The standard InChI is InChI=1S/C11H14N4OS/c12-6-10-13-14-11(15(10)8-3-4-8)17-7-9-2-1-5-16-9/h1-2,5,8H,3-4,6-7,12H2. The van der Waals surface area contributed by atoms with Crippen molar-refractivity contribution in [2.75, 3.05) is 0 Å². The SMILES string of the molecule is NCc1nnc(SCc2ccco2)n1C1CC1. The van der Waals surface area contributed by atoms with Crippen LogP contribution in [0.25, 0.3) is 0 Å². The van der Waals surface area contributed by atoms with E-state index in [0.717, 1.165) is 22.5 Å². The molecule has 0 bridgehead atoms. The molecule has 2 aromatic heterocycles. The topological polar surface area (TPSA) is 69.9 Å². The first-order chi connectivity index (χ1) is 8.38. The van der Waals surface area contributed by atoms with Gasteiger partial charge < -0.3 is 14.7 Å². The highest BCUT2D eigenvalue weighted by Gasteiger charge is 2.29. The second-order valence-corrected chi connectivity index (χ2v) is 5.01. The number of thioether (sulfide) groups is 1. The maximum Gasteiger partial charge on any atom is 0.191 e. The fourth-order valence-corrected chi connectivity index (χ4v) is 2.70. The molecule has 0 radical (unpaired) electrons. The van der Waals surface area contributed by atoms with Gasteiger partial charge in [-0.2, -0.15) is 0 Å². The molecular formula is C11H14N4OS. The molecule has 3 rings (SSSR count). The van der Waals surface area contributed by atoms with E-state index >= 15 is 0 Å². The number of nitrogens with zero attached hydrogens (tertiary/aromatic N) is 3. The van der Waals surface area contributed by atoms with Crippen LogP contribution in [-0.2, 0) is 12.3 Å². The minimum Gasteiger partial charge on any atom is -0.468 e. The molecule has 1 saturated carbocycles. The number of hydrogen-bond acceptors (Lipinski definition) is 5. The molecule has 0 atom stereocenters. The molecule has 0 amide bonds. The van der Waals surface area contributed by atoms with Crippen LogP contribution in [0.5, 0.6) is 0 Å². The van der Waals surface area contributed by atoms with Crippen LogP contribution in [0.4, 0.5) is 0 Å². The highest BCUT2D eigenvalue weighted by Crippen LogP contribution is 2.39. The van der Waals surface area contributed by atoms with Gasteiger partial charge in [0.25, 0.3) is 0 Å². The zero-order valence-electron chi connectivity index (χ0n) is 9.37. The quantitative estimate of drug-likeness (QED) is 0.821. The first-order valence-corrected chi connectivity index (χ1v) is 6.66. The van der Waals surface area contributed by atoms with Crippen LogP contribution >= 0.6 is 11.8 Å². The molecule has 0 aliphatic heterocycles. The third-order valence-electron chi connectivity index (χ3n) is 2.75. The summed E-state index contributed by atoms with van der Waals surface area (Å²) in [6.45, 7) is 0.449. The average molecular weight is 250 g/mol. The van der Waals surface area contributed by atoms with E-state index in [2.05, 4.69) is 14.8 Å². The molecular weight excluding hydrogens is 236 g/mol. The fourth-order valence-electron chi connectivity index (χ4n) is 1.77.